The fraction of sp³-hybridized carbons (Fsp3) is 0.188. The van der Waals surface area contributed by atoms with Gasteiger partial charge < -0.3 is 9.15 Å². The topological polar surface area (TPSA) is 39.4 Å². The van der Waals surface area contributed by atoms with Crippen molar-refractivity contribution in [1.82, 2.24) is 0 Å². The fourth-order valence-corrected chi connectivity index (χ4v) is 2.24. The quantitative estimate of drug-likeness (QED) is 0.810. The lowest BCUT2D eigenvalue weighted by atomic mass is 9.96. The molecular formula is C16H14O3. The zero-order chi connectivity index (χ0) is 13.4. The van der Waals surface area contributed by atoms with Crippen molar-refractivity contribution < 1.29 is 9.15 Å². The zero-order valence-electron chi connectivity index (χ0n) is 10.5. The first-order valence-electron chi connectivity index (χ1n) is 6.17. The van der Waals surface area contributed by atoms with Crippen LogP contribution in [0.4, 0.5) is 0 Å². The van der Waals surface area contributed by atoms with Crippen molar-refractivity contribution in [3.8, 4) is 0 Å². The van der Waals surface area contributed by atoms with E-state index in [1.165, 1.54) is 0 Å². The van der Waals surface area contributed by atoms with Crippen LogP contribution in [-0.2, 0) is 4.74 Å². The van der Waals surface area contributed by atoms with Crippen LogP contribution in [0, 0.1) is 0 Å². The number of hydrogen-bond donors (Lipinski definition) is 0. The highest BCUT2D eigenvalue weighted by molar-refractivity contribution is 5.77. The molecule has 96 valence electrons. The zero-order valence-corrected chi connectivity index (χ0v) is 10.5. The molecule has 1 aliphatic rings. The summed E-state index contributed by atoms with van der Waals surface area (Å²) >= 11 is 0. The van der Waals surface area contributed by atoms with Gasteiger partial charge in [0.25, 0.3) is 0 Å². The molecule has 0 unspecified atom stereocenters. The maximum atomic E-state index is 12.3. The van der Waals surface area contributed by atoms with E-state index in [0.717, 1.165) is 18.8 Å². The first-order chi connectivity index (χ1) is 9.20. The van der Waals surface area contributed by atoms with E-state index in [1.54, 1.807) is 12.2 Å². The first kappa shape index (κ1) is 11.9. The molecule has 0 N–H and O–H groups in total. The van der Waals surface area contributed by atoms with E-state index in [9.17, 15) is 4.79 Å². The predicted molar refractivity (Wildman–Crippen MR) is 75.5 cm³/mol. The molecule has 1 aliphatic heterocycles. The van der Waals surface area contributed by atoms with E-state index in [1.807, 2.05) is 18.2 Å². The molecule has 1 aromatic carbocycles. The van der Waals surface area contributed by atoms with E-state index in [-0.39, 0.29) is 5.43 Å². The lowest BCUT2D eigenvalue weighted by Gasteiger charge is -2.26. The summed E-state index contributed by atoms with van der Waals surface area (Å²) in [4.78, 5) is 12.3. The Balaban J connectivity index is 2.29. The molecule has 3 heteroatoms. The molecule has 0 spiro atoms. The standard InChI is InChI=1S/C16H14O3/c1-3-4-13-10(2)19-15-7-11(12-8-18-9-12)5-6-14(15)16(13)17/h3-7,12H,1-2,8-9H2/b13-4+. The molecule has 19 heavy (non-hydrogen) atoms. The smallest absolute Gasteiger partial charge is 0.200 e. The molecular weight excluding hydrogens is 240 g/mol. The summed E-state index contributed by atoms with van der Waals surface area (Å²) in [5.41, 5.74) is 2.03. The van der Waals surface area contributed by atoms with Gasteiger partial charge in [-0.1, -0.05) is 25.3 Å². The van der Waals surface area contributed by atoms with Gasteiger partial charge in [-0.25, -0.2) is 0 Å². The average molecular weight is 254 g/mol. The summed E-state index contributed by atoms with van der Waals surface area (Å²) in [6.07, 6.45) is 3.19. The van der Waals surface area contributed by atoms with Crippen molar-refractivity contribution in [2.45, 2.75) is 5.92 Å². The van der Waals surface area contributed by atoms with Gasteiger partial charge in [-0.2, -0.15) is 0 Å². The molecule has 0 amide bonds. The highest BCUT2D eigenvalue weighted by atomic mass is 16.5. The summed E-state index contributed by atoms with van der Waals surface area (Å²) in [5.74, 6) is 0.405. The normalized spacial score (nSPS) is 16.5. The summed E-state index contributed by atoms with van der Waals surface area (Å²) in [6, 6.07) is 5.69. The number of ether oxygens (including phenoxy) is 1. The average Bonchev–Trinajstić information content (AvgIpc) is 2.32. The van der Waals surface area contributed by atoms with E-state index in [2.05, 4.69) is 13.2 Å². The molecule has 0 saturated carbocycles. The Hall–Kier alpha value is -2.13. The Labute approximate surface area is 110 Å². The summed E-state index contributed by atoms with van der Waals surface area (Å²) in [6.45, 7) is 8.85. The molecule has 2 aromatic rings. The van der Waals surface area contributed by atoms with Crippen LogP contribution in [0.15, 0.2) is 40.1 Å². The lowest BCUT2D eigenvalue weighted by Crippen LogP contribution is -2.37. The van der Waals surface area contributed by atoms with Crippen LogP contribution >= 0.6 is 0 Å². The number of fused-ring (bicyclic) bond motifs is 1. The third kappa shape index (κ3) is 1.92. The van der Waals surface area contributed by atoms with Crippen LogP contribution in [-0.4, -0.2) is 13.2 Å². The minimum atomic E-state index is -0.0671. The van der Waals surface area contributed by atoms with Crippen LogP contribution in [0.2, 0.25) is 0 Å². The fourth-order valence-electron chi connectivity index (χ4n) is 2.24. The van der Waals surface area contributed by atoms with Crippen LogP contribution in [0.25, 0.3) is 23.6 Å². The monoisotopic (exact) mass is 254 g/mol. The third-order valence-corrected chi connectivity index (χ3v) is 3.42. The van der Waals surface area contributed by atoms with Crippen molar-refractivity contribution in [3.05, 3.63) is 57.3 Å². The molecule has 1 aromatic heterocycles. The SMILES string of the molecule is C=C/C=c1\c(=C)oc2cc(C3COC3)ccc2c1=O. The second-order valence-electron chi connectivity index (χ2n) is 4.66. The Bertz CT molecular complexity index is 810. The van der Waals surface area contributed by atoms with E-state index in [4.69, 9.17) is 9.15 Å². The molecule has 1 saturated heterocycles. The molecule has 2 heterocycles. The van der Waals surface area contributed by atoms with Crippen molar-refractivity contribution in [1.29, 1.82) is 0 Å². The number of hydrogen-bond acceptors (Lipinski definition) is 3. The van der Waals surface area contributed by atoms with E-state index >= 15 is 0 Å². The lowest BCUT2D eigenvalue weighted by molar-refractivity contribution is 0.00845. The molecule has 0 atom stereocenters. The van der Waals surface area contributed by atoms with Gasteiger partial charge in [-0.15, -0.1) is 0 Å². The van der Waals surface area contributed by atoms with Gasteiger partial charge in [0, 0.05) is 5.92 Å². The maximum absolute atomic E-state index is 12.3. The van der Waals surface area contributed by atoms with E-state index < -0.39 is 0 Å². The molecule has 3 nitrogen and oxygen atoms in total. The van der Waals surface area contributed by atoms with Crippen LogP contribution in [0.3, 0.4) is 0 Å². The second kappa shape index (κ2) is 4.52. The van der Waals surface area contributed by atoms with Crippen LogP contribution in [0.1, 0.15) is 11.5 Å². The van der Waals surface area contributed by atoms with Crippen molar-refractivity contribution in [2.24, 2.45) is 0 Å². The minimum Gasteiger partial charge on any atom is -0.456 e. The summed E-state index contributed by atoms with van der Waals surface area (Å²) in [7, 11) is 0. The van der Waals surface area contributed by atoms with Gasteiger partial charge >= 0.3 is 0 Å². The highest BCUT2D eigenvalue weighted by Gasteiger charge is 2.21. The van der Waals surface area contributed by atoms with Gasteiger partial charge in [0.2, 0.25) is 0 Å². The highest BCUT2D eigenvalue weighted by Crippen LogP contribution is 2.25. The molecule has 3 rings (SSSR count). The number of rotatable bonds is 2. The Morgan fingerprint density at radius 3 is 2.74 bits per heavy atom. The first-order valence-corrected chi connectivity index (χ1v) is 6.17. The van der Waals surface area contributed by atoms with Gasteiger partial charge in [0.05, 0.1) is 23.8 Å². The second-order valence-corrected chi connectivity index (χ2v) is 4.66. The maximum Gasteiger partial charge on any atom is 0.200 e. The van der Waals surface area contributed by atoms with E-state index in [0.29, 0.717) is 27.5 Å². The third-order valence-electron chi connectivity index (χ3n) is 3.42. The van der Waals surface area contributed by atoms with Crippen molar-refractivity contribution in [2.75, 3.05) is 13.2 Å². The Morgan fingerprint density at radius 1 is 1.32 bits per heavy atom. The molecule has 0 bridgehead atoms. The summed E-state index contributed by atoms with van der Waals surface area (Å²) in [5, 5.41) is 1.03. The number of allylic oxidation sites excluding steroid dienone is 1. The van der Waals surface area contributed by atoms with Crippen molar-refractivity contribution >= 4 is 23.6 Å². The van der Waals surface area contributed by atoms with Crippen molar-refractivity contribution in [3.63, 3.8) is 0 Å². The summed E-state index contributed by atoms with van der Waals surface area (Å²) < 4.78 is 10.8. The Morgan fingerprint density at radius 2 is 2.11 bits per heavy atom. The van der Waals surface area contributed by atoms with Gasteiger partial charge in [-0.3, -0.25) is 4.79 Å². The van der Waals surface area contributed by atoms with Crippen LogP contribution < -0.4 is 16.1 Å². The largest absolute Gasteiger partial charge is 0.456 e. The molecule has 0 aliphatic carbocycles. The minimum absolute atomic E-state index is 0.0671. The van der Waals surface area contributed by atoms with Gasteiger partial charge in [-0.05, 0) is 23.8 Å². The van der Waals surface area contributed by atoms with Crippen LogP contribution in [0.5, 0.6) is 0 Å². The van der Waals surface area contributed by atoms with Gasteiger partial charge in [0.15, 0.2) is 5.43 Å². The predicted octanol–water partition coefficient (Wildman–Crippen LogP) is 1.28. The molecule has 1 fully saturated rings. The van der Waals surface area contributed by atoms with Gasteiger partial charge in [0.1, 0.15) is 11.0 Å². The molecule has 0 radical (unpaired) electrons. The Kier molecular flexibility index (Phi) is 2.84. The number of benzene rings is 1.